The molecule has 2 aromatic carbocycles. The van der Waals surface area contributed by atoms with Crippen LogP contribution in [0.15, 0.2) is 36.4 Å². The number of hydrogen-bond acceptors (Lipinski definition) is 9. The maximum absolute atomic E-state index is 11.7. The van der Waals surface area contributed by atoms with Crippen molar-refractivity contribution < 1.29 is 44.7 Å². The molecule has 0 bridgehead atoms. The fraction of sp³-hybridized carbons (Fsp3) is 0.438. The maximum Gasteiger partial charge on any atom is 0.336 e. The van der Waals surface area contributed by atoms with Gasteiger partial charge in [-0.15, -0.1) is 0 Å². The van der Waals surface area contributed by atoms with Crippen molar-refractivity contribution in [2.75, 3.05) is 32.4 Å². The number of carboxylic acids is 1. The van der Waals surface area contributed by atoms with E-state index in [1.807, 2.05) is 6.92 Å². The molecule has 0 fully saturated rings. The van der Waals surface area contributed by atoms with Gasteiger partial charge in [-0.3, -0.25) is 14.4 Å². The third-order valence-electron chi connectivity index (χ3n) is 5.75. The number of aryl methyl sites for hydroxylation is 2. The first kappa shape index (κ1) is 53.2. The highest BCUT2D eigenvalue weighted by atomic mass is 79.9. The number of nitrogen functional groups attached to an aromatic ring is 1. The number of aliphatic carboxylic acids is 1. The van der Waals surface area contributed by atoms with Crippen LogP contribution in [0.1, 0.15) is 38.8 Å². The number of halogens is 6. The molecule has 8 N–H and O–H groups in total. The quantitative estimate of drug-likeness (QED) is 0.0606. The molecule has 0 aliphatic carbocycles. The van der Waals surface area contributed by atoms with Crippen LogP contribution in [0.2, 0.25) is 0 Å². The van der Waals surface area contributed by atoms with Gasteiger partial charge in [0.05, 0.1) is 13.1 Å². The molecule has 0 aliphatic heterocycles. The highest BCUT2D eigenvalue weighted by Gasteiger charge is 2.29. The maximum atomic E-state index is 11.7. The lowest BCUT2D eigenvalue weighted by Gasteiger charge is -2.19. The molecule has 1 amide bonds. The molecule has 0 heterocycles. The molecule has 19 heteroatoms. The van der Waals surface area contributed by atoms with Crippen molar-refractivity contribution in [3.63, 3.8) is 0 Å². The monoisotopic (exact) mass is 1010 g/mol. The SMILES string of the molecule is C[C@](O)(CBr)C(=O)Cl.C[C@](O)(CBr)C(=O)Cl.C[C@](O)(CBr)C(=O)O.[C-]#[N+]c1ccc(N)cc1C.[C-]#[N+]c1ccc(NC(=O)[C@@](C)(O)CBr)cc1C. The Hall–Kier alpha value is -2.16. The minimum absolute atomic E-state index is 0.0509. The molecule has 13 nitrogen and oxygen atoms in total. The van der Waals surface area contributed by atoms with Crippen LogP contribution in [0.5, 0.6) is 0 Å². The third-order valence-corrected chi connectivity index (χ3v) is 10.9. The minimum Gasteiger partial charge on any atom is -0.479 e. The third kappa shape index (κ3) is 21.8. The summed E-state index contributed by atoms with van der Waals surface area (Å²) in [7, 11) is 0. The number of alkyl halides is 4. The van der Waals surface area contributed by atoms with Crippen molar-refractivity contribution in [1.29, 1.82) is 0 Å². The van der Waals surface area contributed by atoms with Gasteiger partial charge in [-0.05, 0) is 100 Å². The van der Waals surface area contributed by atoms with E-state index in [-0.39, 0.29) is 21.3 Å². The van der Waals surface area contributed by atoms with Crippen molar-refractivity contribution in [1.82, 2.24) is 0 Å². The number of amides is 1. The predicted octanol–water partition coefficient (Wildman–Crippen LogP) is 6.77. The van der Waals surface area contributed by atoms with E-state index in [1.54, 1.807) is 43.3 Å². The van der Waals surface area contributed by atoms with Crippen molar-refractivity contribution in [2.24, 2.45) is 0 Å². The van der Waals surface area contributed by atoms with Crippen molar-refractivity contribution in [2.45, 2.75) is 63.9 Å². The molecule has 0 spiro atoms. The molecule has 0 unspecified atom stereocenters. The molecular weight excluding hydrogens is 975 g/mol. The molecule has 0 saturated heterocycles. The van der Waals surface area contributed by atoms with Crippen LogP contribution in [-0.4, -0.2) is 91.6 Å². The number of hydrogen-bond donors (Lipinski definition) is 7. The van der Waals surface area contributed by atoms with Crippen LogP contribution >= 0.6 is 86.9 Å². The van der Waals surface area contributed by atoms with Gasteiger partial charge in [0, 0.05) is 32.7 Å². The van der Waals surface area contributed by atoms with Crippen LogP contribution in [-0.2, 0) is 19.2 Å². The fourth-order valence-corrected chi connectivity index (χ4v) is 3.61. The number of nitrogens with zero attached hydrogens (tertiary/aromatic N) is 2. The number of aliphatic hydroxyl groups is 4. The summed E-state index contributed by atoms with van der Waals surface area (Å²) in [5.74, 6) is -1.70. The van der Waals surface area contributed by atoms with Crippen LogP contribution in [0.4, 0.5) is 22.7 Å². The number of nitrogens with two attached hydrogens (primary N) is 1. The summed E-state index contributed by atoms with van der Waals surface area (Å²) in [6.45, 7) is 22.7. The first-order valence-corrected chi connectivity index (χ1v) is 19.2. The Balaban J connectivity index is -0.000000591. The van der Waals surface area contributed by atoms with Crippen LogP contribution < -0.4 is 11.1 Å². The van der Waals surface area contributed by atoms with E-state index >= 15 is 0 Å². The Bertz CT molecular complexity index is 1500. The summed E-state index contributed by atoms with van der Waals surface area (Å²) in [6, 6.07) is 10.3. The normalized spacial score (nSPS) is 14.5. The number of rotatable bonds is 9. The number of anilines is 2. The first-order chi connectivity index (χ1) is 23.2. The second-order valence-electron chi connectivity index (χ2n) is 11.2. The van der Waals surface area contributed by atoms with Crippen LogP contribution in [0.25, 0.3) is 9.69 Å². The highest BCUT2D eigenvalue weighted by Crippen LogP contribution is 2.23. The number of benzene rings is 2. The van der Waals surface area contributed by atoms with Crippen molar-refractivity contribution in [3.05, 3.63) is 70.4 Å². The van der Waals surface area contributed by atoms with E-state index in [0.717, 1.165) is 11.1 Å². The van der Waals surface area contributed by atoms with Crippen LogP contribution in [0.3, 0.4) is 0 Å². The topological polar surface area (TPSA) is 216 Å². The number of carbonyl (C=O) groups is 4. The Labute approximate surface area is 341 Å². The predicted molar refractivity (Wildman–Crippen MR) is 215 cm³/mol. The number of carbonyl (C=O) groups excluding carboxylic acids is 3. The molecule has 0 radical (unpaired) electrons. The molecule has 0 aromatic heterocycles. The van der Waals surface area contributed by atoms with Gasteiger partial charge in [-0.2, -0.15) is 0 Å². The van der Waals surface area contributed by atoms with E-state index in [9.17, 15) is 24.3 Å². The summed E-state index contributed by atoms with van der Waals surface area (Å²) >= 11 is 21.6. The molecule has 2 rings (SSSR count). The minimum atomic E-state index is -1.62. The summed E-state index contributed by atoms with van der Waals surface area (Å²) in [5.41, 5.74) is 3.81. The number of nitrogens with one attached hydrogen (secondary N) is 1. The fourth-order valence-electron chi connectivity index (χ4n) is 2.15. The van der Waals surface area contributed by atoms with Gasteiger partial charge >= 0.3 is 5.97 Å². The second kappa shape index (κ2) is 25.0. The molecule has 2 aromatic rings. The van der Waals surface area contributed by atoms with Gasteiger partial charge < -0.3 is 36.6 Å². The van der Waals surface area contributed by atoms with Gasteiger partial charge in [0.2, 0.25) is 0 Å². The van der Waals surface area contributed by atoms with E-state index < -0.39 is 44.8 Å². The zero-order valence-corrected chi connectivity index (χ0v) is 36.3. The summed E-state index contributed by atoms with van der Waals surface area (Å²) in [6.07, 6.45) is 0. The van der Waals surface area contributed by atoms with Gasteiger partial charge in [0.15, 0.2) is 17.0 Å². The Kier molecular flexibility index (Phi) is 26.0. The Morgan fingerprint density at radius 3 is 1.29 bits per heavy atom. The highest BCUT2D eigenvalue weighted by molar-refractivity contribution is 9.09. The van der Waals surface area contributed by atoms with E-state index in [4.69, 9.17) is 62.5 Å². The standard InChI is InChI=1S/C12H13BrN2O2.C8H8N2.2C4H6BrClO2.C4H7BrO3/c1-8-6-9(4-5-10(8)14-3)15-11(16)12(2,17)7-13;1-6-5-7(9)3-4-8(6)10-2;3*1-4(8,2-5)3(6)7/h4-6,17H,7H2,1-2H3,(H,15,16);3-5H,9H2,1H3;2*8H,2H2,1H3;8H,2H2,1H3,(H,6,7)/t12-;;3*4-/m0.000/s1. The van der Waals surface area contributed by atoms with Gasteiger partial charge in [0.25, 0.3) is 16.4 Å². The summed E-state index contributed by atoms with van der Waals surface area (Å²) in [5, 5.41) is 46.0. The molecule has 0 saturated carbocycles. The van der Waals surface area contributed by atoms with Crippen molar-refractivity contribution >= 4 is 132 Å². The van der Waals surface area contributed by atoms with E-state index in [0.29, 0.717) is 22.7 Å². The summed E-state index contributed by atoms with van der Waals surface area (Å²) < 4.78 is 0. The van der Waals surface area contributed by atoms with Gasteiger partial charge in [-0.1, -0.05) is 75.9 Å². The first-order valence-electron chi connectivity index (χ1n) is 14.0. The van der Waals surface area contributed by atoms with E-state index in [2.05, 4.69) is 78.7 Å². The smallest absolute Gasteiger partial charge is 0.336 e. The average molecular weight is 1020 g/mol. The molecule has 51 heavy (non-hydrogen) atoms. The Morgan fingerprint density at radius 1 is 0.706 bits per heavy atom. The zero-order valence-electron chi connectivity index (χ0n) is 28.4. The second-order valence-corrected chi connectivity index (χ2v) is 14.1. The Morgan fingerprint density at radius 2 is 1.06 bits per heavy atom. The van der Waals surface area contributed by atoms with Crippen molar-refractivity contribution in [3.8, 4) is 0 Å². The molecular formula is C32H40Br4Cl2N4O9. The largest absolute Gasteiger partial charge is 0.479 e. The molecule has 4 atom stereocenters. The molecule has 0 aliphatic rings. The van der Waals surface area contributed by atoms with Crippen LogP contribution in [0, 0.1) is 27.0 Å². The number of carboxylic acid groups (broad SMARTS) is 1. The van der Waals surface area contributed by atoms with E-state index in [1.165, 1.54) is 27.7 Å². The van der Waals surface area contributed by atoms with Gasteiger partial charge in [-0.25, -0.2) is 14.5 Å². The molecule has 284 valence electrons. The average Bonchev–Trinajstić information content (AvgIpc) is 3.05. The lowest BCUT2D eigenvalue weighted by molar-refractivity contribution is -0.154. The zero-order chi connectivity index (χ0) is 41.0. The lowest BCUT2D eigenvalue weighted by atomic mass is 10.1. The summed E-state index contributed by atoms with van der Waals surface area (Å²) in [4.78, 5) is 48.7. The van der Waals surface area contributed by atoms with Gasteiger partial charge in [0.1, 0.15) is 16.8 Å². The lowest BCUT2D eigenvalue weighted by Crippen LogP contribution is -2.41.